The number of rotatable bonds is 4. The molecule has 0 spiro atoms. The zero-order valence-corrected chi connectivity index (χ0v) is 11.3. The van der Waals surface area contributed by atoms with Crippen LogP contribution in [0.1, 0.15) is 21.5 Å². The number of carbonyl (C=O) groups is 1. The average Bonchev–Trinajstić information content (AvgIpc) is 2.42. The summed E-state index contributed by atoms with van der Waals surface area (Å²) in [6.07, 6.45) is 0. The summed E-state index contributed by atoms with van der Waals surface area (Å²) in [4.78, 5) is 17.1. The molecule has 0 radical (unpaired) electrons. The summed E-state index contributed by atoms with van der Waals surface area (Å²) in [5.74, 6) is -0.295. The van der Waals surface area contributed by atoms with Crippen LogP contribution in [-0.2, 0) is 11.4 Å². The standard InChI is InChI=1S/C15H14ClNO2/c1-11-7-8-13(16)9-14(11)15(18)17-19-10-12-5-3-2-4-6-12/h2-9H,10H2,1H3,(H,17,18). The van der Waals surface area contributed by atoms with Crippen molar-refractivity contribution in [3.63, 3.8) is 0 Å². The van der Waals surface area contributed by atoms with Crippen LogP contribution < -0.4 is 5.48 Å². The number of aryl methyl sites for hydroxylation is 1. The Balaban J connectivity index is 1.93. The van der Waals surface area contributed by atoms with Crippen LogP contribution in [0.25, 0.3) is 0 Å². The van der Waals surface area contributed by atoms with E-state index < -0.39 is 0 Å². The van der Waals surface area contributed by atoms with Gasteiger partial charge in [-0.25, -0.2) is 5.48 Å². The maximum atomic E-state index is 11.9. The number of hydrogen-bond donors (Lipinski definition) is 1. The SMILES string of the molecule is Cc1ccc(Cl)cc1C(=O)NOCc1ccccc1. The van der Waals surface area contributed by atoms with Crippen LogP contribution in [0, 0.1) is 6.92 Å². The lowest BCUT2D eigenvalue weighted by atomic mass is 10.1. The normalized spacial score (nSPS) is 10.2. The second-order valence-corrected chi connectivity index (χ2v) is 4.60. The van der Waals surface area contributed by atoms with Gasteiger partial charge in [-0.05, 0) is 30.2 Å². The van der Waals surface area contributed by atoms with Crippen molar-refractivity contribution in [2.24, 2.45) is 0 Å². The first-order valence-electron chi connectivity index (χ1n) is 5.89. The molecule has 0 saturated carbocycles. The maximum Gasteiger partial charge on any atom is 0.275 e. The number of benzene rings is 2. The molecule has 0 aliphatic carbocycles. The third-order valence-electron chi connectivity index (χ3n) is 2.69. The van der Waals surface area contributed by atoms with E-state index in [4.69, 9.17) is 16.4 Å². The first-order valence-corrected chi connectivity index (χ1v) is 6.27. The number of hydrogen-bond acceptors (Lipinski definition) is 2. The highest BCUT2D eigenvalue weighted by atomic mass is 35.5. The van der Waals surface area contributed by atoms with Gasteiger partial charge in [-0.1, -0.05) is 48.0 Å². The maximum absolute atomic E-state index is 11.9. The Labute approximate surface area is 117 Å². The van der Waals surface area contributed by atoms with Crippen molar-refractivity contribution in [2.75, 3.05) is 0 Å². The van der Waals surface area contributed by atoms with Gasteiger partial charge in [0, 0.05) is 10.6 Å². The summed E-state index contributed by atoms with van der Waals surface area (Å²) < 4.78 is 0. The molecule has 1 N–H and O–H groups in total. The molecular formula is C15H14ClNO2. The molecule has 0 unspecified atom stereocenters. The molecule has 0 aliphatic rings. The second kappa shape index (κ2) is 6.36. The molecule has 0 saturated heterocycles. The molecule has 3 nitrogen and oxygen atoms in total. The molecule has 0 aromatic heterocycles. The van der Waals surface area contributed by atoms with E-state index in [1.54, 1.807) is 18.2 Å². The van der Waals surface area contributed by atoms with Crippen molar-refractivity contribution in [3.05, 3.63) is 70.2 Å². The van der Waals surface area contributed by atoms with E-state index in [1.807, 2.05) is 37.3 Å². The fourth-order valence-electron chi connectivity index (χ4n) is 1.65. The zero-order valence-electron chi connectivity index (χ0n) is 10.5. The lowest BCUT2D eigenvalue weighted by Crippen LogP contribution is -2.24. The summed E-state index contributed by atoms with van der Waals surface area (Å²) in [6.45, 7) is 2.18. The van der Waals surface area contributed by atoms with Gasteiger partial charge >= 0.3 is 0 Å². The quantitative estimate of drug-likeness (QED) is 0.867. The van der Waals surface area contributed by atoms with Crippen LogP contribution in [0.3, 0.4) is 0 Å². The number of nitrogens with one attached hydrogen (secondary N) is 1. The third-order valence-corrected chi connectivity index (χ3v) is 2.93. The highest BCUT2D eigenvalue weighted by Crippen LogP contribution is 2.15. The Morgan fingerprint density at radius 1 is 1.21 bits per heavy atom. The molecule has 2 aromatic carbocycles. The van der Waals surface area contributed by atoms with Crippen LogP contribution in [0.5, 0.6) is 0 Å². The summed E-state index contributed by atoms with van der Waals surface area (Å²) in [5.41, 5.74) is 4.78. The Morgan fingerprint density at radius 3 is 2.68 bits per heavy atom. The van der Waals surface area contributed by atoms with E-state index in [0.717, 1.165) is 11.1 Å². The predicted molar refractivity (Wildman–Crippen MR) is 74.9 cm³/mol. The molecule has 2 aromatic rings. The zero-order chi connectivity index (χ0) is 13.7. The van der Waals surface area contributed by atoms with Gasteiger partial charge in [0.2, 0.25) is 0 Å². The third kappa shape index (κ3) is 3.81. The molecule has 0 atom stereocenters. The summed E-state index contributed by atoms with van der Waals surface area (Å²) >= 11 is 5.87. The van der Waals surface area contributed by atoms with Gasteiger partial charge in [-0.2, -0.15) is 0 Å². The van der Waals surface area contributed by atoms with E-state index in [0.29, 0.717) is 17.2 Å². The molecule has 0 bridgehead atoms. The topological polar surface area (TPSA) is 38.3 Å². The minimum atomic E-state index is -0.295. The number of amides is 1. The highest BCUT2D eigenvalue weighted by molar-refractivity contribution is 6.31. The Kier molecular flexibility index (Phi) is 4.55. The Hall–Kier alpha value is -1.84. The molecule has 1 amide bonds. The fraction of sp³-hybridized carbons (Fsp3) is 0.133. The fourth-order valence-corrected chi connectivity index (χ4v) is 1.83. The number of hydroxylamine groups is 1. The lowest BCUT2D eigenvalue weighted by Gasteiger charge is -2.08. The molecule has 98 valence electrons. The van der Waals surface area contributed by atoms with Gasteiger partial charge in [-0.15, -0.1) is 0 Å². The van der Waals surface area contributed by atoms with E-state index in [2.05, 4.69) is 5.48 Å². The highest BCUT2D eigenvalue weighted by Gasteiger charge is 2.09. The van der Waals surface area contributed by atoms with Crippen LogP contribution in [0.2, 0.25) is 5.02 Å². The van der Waals surface area contributed by atoms with Crippen molar-refractivity contribution in [2.45, 2.75) is 13.5 Å². The van der Waals surface area contributed by atoms with Crippen molar-refractivity contribution in [3.8, 4) is 0 Å². The van der Waals surface area contributed by atoms with E-state index in [1.165, 1.54) is 0 Å². The average molecular weight is 276 g/mol. The van der Waals surface area contributed by atoms with Crippen LogP contribution in [-0.4, -0.2) is 5.91 Å². The number of halogens is 1. The summed E-state index contributed by atoms with van der Waals surface area (Å²) in [6, 6.07) is 14.8. The van der Waals surface area contributed by atoms with Gasteiger partial charge in [0.05, 0.1) is 6.61 Å². The van der Waals surface area contributed by atoms with Crippen LogP contribution in [0.4, 0.5) is 0 Å². The first kappa shape index (κ1) is 13.6. The number of carbonyl (C=O) groups excluding carboxylic acids is 1. The van der Waals surface area contributed by atoms with Crippen molar-refractivity contribution in [1.82, 2.24) is 5.48 Å². The summed E-state index contributed by atoms with van der Waals surface area (Å²) in [7, 11) is 0. The van der Waals surface area contributed by atoms with Gasteiger partial charge in [0.15, 0.2) is 0 Å². The van der Waals surface area contributed by atoms with Crippen LogP contribution in [0.15, 0.2) is 48.5 Å². The minimum Gasteiger partial charge on any atom is -0.269 e. The molecule has 2 rings (SSSR count). The molecule has 0 aliphatic heterocycles. The largest absolute Gasteiger partial charge is 0.275 e. The lowest BCUT2D eigenvalue weighted by molar-refractivity contribution is 0.0233. The van der Waals surface area contributed by atoms with Gasteiger partial charge in [0.25, 0.3) is 5.91 Å². The van der Waals surface area contributed by atoms with Gasteiger partial charge in [-0.3, -0.25) is 9.63 Å². The Bertz CT molecular complexity index is 570. The van der Waals surface area contributed by atoms with Crippen molar-refractivity contribution in [1.29, 1.82) is 0 Å². The molecule has 0 fully saturated rings. The van der Waals surface area contributed by atoms with E-state index in [9.17, 15) is 4.79 Å². The molecule has 0 heterocycles. The van der Waals surface area contributed by atoms with Gasteiger partial charge < -0.3 is 0 Å². The van der Waals surface area contributed by atoms with Crippen molar-refractivity contribution >= 4 is 17.5 Å². The van der Waals surface area contributed by atoms with E-state index >= 15 is 0 Å². The van der Waals surface area contributed by atoms with E-state index in [-0.39, 0.29) is 5.91 Å². The monoisotopic (exact) mass is 275 g/mol. The summed E-state index contributed by atoms with van der Waals surface area (Å²) in [5, 5.41) is 0.527. The minimum absolute atomic E-state index is 0.295. The smallest absolute Gasteiger partial charge is 0.269 e. The van der Waals surface area contributed by atoms with Crippen molar-refractivity contribution < 1.29 is 9.63 Å². The molecule has 19 heavy (non-hydrogen) atoms. The predicted octanol–water partition coefficient (Wildman–Crippen LogP) is 3.51. The molecular weight excluding hydrogens is 262 g/mol. The van der Waals surface area contributed by atoms with Gasteiger partial charge in [0.1, 0.15) is 0 Å². The molecule has 4 heteroatoms. The van der Waals surface area contributed by atoms with Crippen LogP contribution >= 0.6 is 11.6 Å². The Morgan fingerprint density at radius 2 is 1.95 bits per heavy atom. The first-order chi connectivity index (χ1) is 9.16. The second-order valence-electron chi connectivity index (χ2n) is 4.16.